The highest BCUT2D eigenvalue weighted by Crippen LogP contribution is 2.24. The third-order valence-electron chi connectivity index (χ3n) is 4.34. The van der Waals surface area contributed by atoms with E-state index < -0.39 is 17.2 Å². The Morgan fingerprint density at radius 3 is 2.31 bits per heavy atom. The van der Waals surface area contributed by atoms with Crippen molar-refractivity contribution in [3.05, 3.63) is 90.5 Å². The second-order valence-corrected chi connectivity index (χ2v) is 7.15. The summed E-state index contributed by atoms with van der Waals surface area (Å²) in [5, 5.41) is 0.570. The van der Waals surface area contributed by atoms with Crippen LogP contribution in [-0.2, 0) is 6.54 Å². The van der Waals surface area contributed by atoms with E-state index in [1.165, 1.54) is 27.7 Å². The van der Waals surface area contributed by atoms with Crippen molar-refractivity contribution in [1.82, 2.24) is 9.55 Å². The second-order valence-electron chi connectivity index (χ2n) is 6.27. The maximum atomic E-state index is 13.1. The number of H-pyrrole nitrogens is 1. The van der Waals surface area contributed by atoms with Crippen LogP contribution in [0.5, 0.6) is 0 Å². The van der Waals surface area contributed by atoms with Gasteiger partial charge in [0.15, 0.2) is 5.69 Å². The number of rotatable bonds is 5. The quantitative estimate of drug-likeness (QED) is 0.646. The first kappa shape index (κ1) is 20.7. The summed E-state index contributed by atoms with van der Waals surface area (Å²) in [6.45, 7) is 1.97. The molecule has 29 heavy (non-hydrogen) atoms. The highest BCUT2D eigenvalue weighted by molar-refractivity contribution is 6.35. The van der Waals surface area contributed by atoms with Crippen molar-refractivity contribution in [3.63, 3.8) is 0 Å². The van der Waals surface area contributed by atoms with E-state index in [0.29, 0.717) is 0 Å². The first-order chi connectivity index (χ1) is 13.8. The Labute approximate surface area is 176 Å². The summed E-state index contributed by atoms with van der Waals surface area (Å²) >= 11 is 12.0. The number of halogens is 2. The normalized spacial score (nSPS) is 10.7. The van der Waals surface area contributed by atoms with Gasteiger partial charge < -0.3 is 10.6 Å². The number of benzene rings is 2. The molecule has 3 N–H and O–H groups in total. The SMILES string of the molecule is CCN(C(=O)c1cc(Cl)cc(Cl)c1)c1c(N)n(Cc2ccccc2)c(=O)[nH]c1=O. The number of carbonyl (C=O) groups excluding carboxylic acids is 1. The minimum absolute atomic E-state index is 0.106. The smallest absolute Gasteiger partial charge is 0.330 e. The van der Waals surface area contributed by atoms with E-state index in [9.17, 15) is 14.4 Å². The average Bonchev–Trinajstić information content (AvgIpc) is 2.68. The predicted molar refractivity (Wildman–Crippen MR) is 115 cm³/mol. The molecular formula is C20H18Cl2N4O3. The number of hydrogen-bond acceptors (Lipinski definition) is 4. The average molecular weight is 433 g/mol. The first-order valence-electron chi connectivity index (χ1n) is 8.76. The summed E-state index contributed by atoms with van der Waals surface area (Å²) in [5.74, 6) is -0.620. The molecule has 3 rings (SSSR count). The summed E-state index contributed by atoms with van der Waals surface area (Å²) < 4.78 is 1.22. The van der Waals surface area contributed by atoms with Crippen LogP contribution in [0.3, 0.4) is 0 Å². The number of aromatic nitrogens is 2. The Kier molecular flexibility index (Phi) is 6.10. The zero-order chi connectivity index (χ0) is 21.1. The van der Waals surface area contributed by atoms with Gasteiger partial charge in [0.1, 0.15) is 5.82 Å². The molecule has 0 aliphatic heterocycles. The molecule has 1 amide bonds. The molecular weight excluding hydrogens is 415 g/mol. The van der Waals surface area contributed by atoms with Crippen LogP contribution in [-0.4, -0.2) is 22.0 Å². The molecule has 7 nitrogen and oxygen atoms in total. The van der Waals surface area contributed by atoms with Gasteiger partial charge in [-0.1, -0.05) is 53.5 Å². The molecule has 0 saturated carbocycles. The number of nitrogen functional groups attached to an aromatic ring is 1. The molecule has 0 saturated heterocycles. The van der Waals surface area contributed by atoms with Gasteiger partial charge in [-0.05, 0) is 30.7 Å². The third kappa shape index (κ3) is 4.36. The zero-order valence-corrected chi connectivity index (χ0v) is 17.0. The molecule has 0 radical (unpaired) electrons. The van der Waals surface area contributed by atoms with Gasteiger partial charge in [-0.2, -0.15) is 0 Å². The molecule has 1 aromatic heterocycles. The predicted octanol–water partition coefficient (Wildman–Crippen LogP) is 3.14. The van der Waals surface area contributed by atoms with Crippen molar-refractivity contribution >= 4 is 40.6 Å². The Hall–Kier alpha value is -3.03. The largest absolute Gasteiger partial charge is 0.383 e. The number of amides is 1. The fourth-order valence-electron chi connectivity index (χ4n) is 3.00. The van der Waals surface area contributed by atoms with Crippen LogP contribution in [0.1, 0.15) is 22.8 Å². The van der Waals surface area contributed by atoms with Gasteiger partial charge in [-0.3, -0.25) is 19.1 Å². The first-order valence-corrected chi connectivity index (χ1v) is 9.52. The van der Waals surface area contributed by atoms with Crippen LogP contribution in [0.15, 0.2) is 58.1 Å². The van der Waals surface area contributed by atoms with E-state index in [0.717, 1.165) is 5.56 Å². The van der Waals surface area contributed by atoms with Gasteiger partial charge in [0.2, 0.25) is 0 Å². The van der Waals surface area contributed by atoms with Crippen LogP contribution in [0.2, 0.25) is 10.0 Å². The Morgan fingerprint density at radius 2 is 1.72 bits per heavy atom. The molecule has 3 aromatic rings. The third-order valence-corrected chi connectivity index (χ3v) is 4.77. The van der Waals surface area contributed by atoms with Crippen molar-refractivity contribution in [2.24, 2.45) is 0 Å². The molecule has 0 bridgehead atoms. The zero-order valence-electron chi connectivity index (χ0n) is 15.5. The van der Waals surface area contributed by atoms with Gasteiger partial charge in [0.05, 0.1) is 6.54 Å². The van der Waals surface area contributed by atoms with E-state index in [2.05, 4.69) is 4.98 Å². The highest BCUT2D eigenvalue weighted by atomic mass is 35.5. The fourth-order valence-corrected chi connectivity index (χ4v) is 3.52. The Balaban J connectivity index is 2.10. The van der Waals surface area contributed by atoms with Crippen molar-refractivity contribution in [1.29, 1.82) is 0 Å². The molecule has 0 fully saturated rings. The van der Waals surface area contributed by atoms with Crippen molar-refractivity contribution in [2.45, 2.75) is 13.5 Å². The molecule has 1 heterocycles. The van der Waals surface area contributed by atoms with Crippen molar-refractivity contribution < 1.29 is 4.79 Å². The van der Waals surface area contributed by atoms with Gasteiger partial charge in [-0.15, -0.1) is 0 Å². The molecule has 0 unspecified atom stereocenters. The Morgan fingerprint density at radius 1 is 1.10 bits per heavy atom. The van der Waals surface area contributed by atoms with Crippen LogP contribution in [0, 0.1) is 0 Å². The molecule has 0 aliphatic rings. The Bertz CT molecular complexity index is 1150. The lowest BCUT2D eigenvalue weighted by atomic mass is 10.2. The van der Waals surface area contributed by atoms with E-state index in [1.54, 1.807) is 6.92 Å². The number of anilines is 2. The van der Waals surface area contributed by atoms with Crippen LogP contribution >= 0.6 is 23.2 Å². The number of aromatic amines is 1. The lowest BCUT2D eigenvalue weighted by molar-refractivity contribution is 0.0988. The summed E-state index contributed by atoms with van der Waals surface area (Å²) in [7, 11) is 0. The molecule has 9 heteroatoms. The number of carbonyl (C=O) groups is 1. The maximum absolute atomic E-state index is 13.1. The number of nitrogens with zero attached hydrogens (tertiary/aromatic N) is 2. The number of nitrogens with one attached hydrogen (secondary N) is 1. The summed E-state index contributed by atoms with van der Waals surface area (Å²) in [6, 6.07) is 13.5. The molecule has 0 atom stereocenters. The molecule has 0 spiro atoms. The molecule has 0 aliphatic carbocycles. The summed E-state index contributed by atoms with van der Waals surface area (Å²) in [6.07, 6.45) is 0. The van der Waals surface area contributed by atoms with Gasteiger partial charge in [-0.25, -0.2) is 4.79 Å². The van der Waals surface area contributed by atoms with Gasteiger partial charge >= 0.3 is 5.69 Å². The van der Waals surface area contributed by atoms with E-state index in [4.69, 9.17) is 28.9 Å². The number of hydrogen-bond donors (Lipinski definition) is 2. The highest BCUT2D eigenvalue weighted by Gasteiger charge is 2.24. The van der Waals surface area contributed by atoms with Crippen LogP contribution < -0.4 is 21.9 Å². The van der Waals surface area contributed by atoms with Crippen molar-refractivity contribution in [2.75, 3.05) is 17.2 Å². The fraction of sp³-hybridized carbons (Fsp3) is 0.150. The topological polar surface area (TPSA) is 101 Å². The van der Waals surface area contributed by atoms with Gasteiger partial charge in [0, 0.05) is 22.2 Å². The minimum Gasteiger partial charge on any atom is -0.383 e. The monoisotopic (exact) mass is 432 g/mol. The standard InChI is InChI=1S/C20H18Cl2N4O3/c1-2-25(19(28)13-8-14(21)10-15(22)9-13)16-17(23)26(20(29)24-18(16)27)11-12-6-4-3-5-7-12/h3-10H,2,11,23H2,1H3,(H,24,27,29). The maximum Gasteiger partial charge on any atom is 0.330 e. The number of nitrogens with two attached hydrogens (primary N) is 1. The van der Waals surface area contributed by atoms with Gasteiger partial charge in [0.25, 0.3) is 11.5 Å². The van der Waals surface area contributed by atoms with E-state index >= 15 is 0 Å². The summed E-state index contributed by atoms with van der Waals surface area (Å²) in [5.41, 5.74) is 5.68. The minimum atomic E-state index is -0.750. The molecule has 150 valence electrons. The van der Waals surface area contributed by atoms with Crippen LogP contribution in [0.4, 0.5) is 11.5 Å². The summed E-state index contributed by atoms with van der Waals surface area (Å²) in [4.78, 5) is 41.4. The van der Waals surface area contributed by atoms with E-state index in [1.807, 2.05) is 30.3 Å². The van der Waals surface area contributed by atoms with E-state index in [-0.39, 0.29) is 40.2 Å². The van der Waals surface area contributed by atoms with Crippen molar-refractivity contribution in [3.8, 4) is 0 Å². The lowest BCUT2D eigenvalue weighted by Crippen LogP contribution is -2.41. The lowest BCUT2D eigenvalue weighted by Gasteiger charge is -2.23. The second kappa shape index (κ2) is 8.55. The molecule has 2 aromatic carbocycles. The van der Waals surface area contributed by atoms with Crippen LogP contribution in [0.25, 0.3) is 0 Å².